The minimum absolute atomic E-state index is 0.421. The summed E-state index contributed by atoms with van der Waals surface area (Å²) in [6.45, 7) is 0. The van der Waals surface area contributed by atoms with Crippen molar-refractivity contribution in [2.24, 2.45) is 5.73 Å². The van der Waals surface area contributed by atoms with Crippen LogP contribution < -0.4 is 16.4 Å². The third kappa shape index (κ3) is 1.07. The smallest absolute Gasteiger partial charge is 0.256 e. The molecule has 0 saturated carbocycles. The molecule has 0 aromatic rings. The van der Waals surface area contributed by atoms with E-state index < -0.39 is 17.9 Å². The van der Waals surface area contributed by atoms with E-state index in [2.05, 4.69) is 10.6 Å². The van der Waals surface area contributed by atoms with Crippen LogP contribution in [-0.4, -0.2) is 17.9 Å². The van der Waals surface area contributed by atoms with Gasteiger partial charge in [-0.3, -0.25) is 9.59 Å². The molecule has 0 radical (unpaired) electrons. The average molecular weight is 141 g/mol. The molecule has 4 N–H and O–H groups in total. The number of hydrogen-bond donors (Lipinski definition) is 3. The molecule has 0 fully saturated rings. The summed E-state index contributed by atoms with van der Waals surface area (Å²) in [5, 5.41) is 4.83. The first-order chi connectivity index (χ1) is 4.72. The van der Waals surface area contributed by atoms with E-state index in [4.69, 9.17) is 5.73 Å². The Balaban J connectivity index is 2.68. The Morgan fingerprint density at radius 2 is 2.30 bits per heavy atom. The van der Waals surface area contributed by atoms with Crippen molar-refractivity contribution in [2.45, 2.75) is 6.04 Å². The Morgan fingerprint density at radius 3 is 2.70 bits per heavy atom. The van der Waals surface area contributed by atoms with Crippen molar-refractivity contribution >= 4 is 11.8 Å². The van der Waals surface area contributed by atoms with Crippen LogP contribution in [0.5, 0.6) is 0 Å². The number of nitrogens with two attached hydrogens (primary N) is 1. The third-order valence-electron chi connectivity index (χ3n) is 1.12. The minimum Gasteiger partial charge on any atom is -0.371 e. The van der Waals surface area contributed by atoms with Gasteiger partial charge in [-0.25, -0.2) is 0 Å². The number of carbonyl (C=O) groups is 2. The lowest BCUT2D eigenvalue weighted by molar-refractivity contribution is -0.130. The second-order valence-electron chi connectivity index (χ2n) is 1.84. The van der Waals surface area contributed by atoms with Crippen LogP contribution in [0.25, 0.3) is 0 Å². The van der Waals surface area contributed by atoms with E-state index in [9.17, 15) is 9.59 Å². The molecule has 1 unspecified atom stereocenters. The van der Waals surface area contributed by atoms with Gasteiger partial charge in [0.25, 0.3) is 5.91 Å². The Kier molecular flexibility index (Phi) is 1.57. The lowest BCUT2D eigenvalue weighted by atomic mass is 10.2. The SMILES string of the molecule is NC(=O)C1NC=CNC1=O. The fourth-order valence-corrected chi connectivity index (χ4v) is 0.638. The number of carbonyl (C=O) groups excluding carboxylic acids is 2. The molecule has 1 aliphatic rings. The molecular weight excluding hydrogens is 134 g/mol. The molecule has 1 atom stereocenters. The fourth-order valence-electron chi connectivity index (χ4n) is 0.638. The fraction of sp³-hybridized carbons (Fsp3) is 0.200. The number of nitrogens with one attached hydrogen (secondary N) is 2. The zero-order valence-corrected chi connectivity index (χ0v) is 5.13. The van der Waals surface area contributed by atoms with Crippen LogP contribution in [0, 0.1) is 0 Å². The molecule has 0 aromatic heterocycles. The maximum Gasteiger partial charge on any atom is 0.256 e. The van der Waals surface area contributed by atoms with Crippen molar-refractivity contribution < 1.29 is 9.59 Å². The van der Waals surface area contributed by atoms with Crippen LogP contribution in [0.2, 0.25) is 0 Å². The molecule has 54 valence electrons. The molecular formula is C5H7N3O2. The zero-order valence-electron chi connectivity index (χ0n) is 5.13. The van der Waals surface area contributed by atoms with Crippen molar-refractivity contribution in [2.75, 3.05) is 0 Å². The number of rotatable bonds is 1. The van der Waals surface area contributed by atoms with Gasteiger partial charge in [-0.05, 0) is 0 Å². The standard InChI is InChI=1S/C5H7N3O2/c6-4(9)3-5(10)8-2-1-7-3/h1-3,7H,(H2,6,9)(H,8,10). The van der Waals surface area contributed by atoms with E-state index in [0.29, 0.717) is 0 Å². The number of hydrogen-bond acceptors (Lipinski definition) is 3. The van der Waals surface area contributed by atoms with Crippen molar-refractivity contribution in [3.05, 3.63) is 12.4 Å². The van der Waals surface area contributed by atoms with Crippen molar-refractivity contribution in [3.8, 4) is 0 Å². The molecule has 5 heteroatoms. The summed E-state index contributed by atoms with van der Waals surface area (Å²) in [6, 6.07) is -0.926. The number of primary amides is 1. The first-order valence-electron chi connectivity index (χ1n) is 2.72. The van der Waals surface area contributed by atoms with Crippen molar-refractivity contribution in [3.63, 3.8) is 0 Å². The molecule has 0 aliphatic carbocycles. The quantitative estimate of drug-likeness (QED) is 0.370. The van der Waals surface area contributed by atoms with Gasteiger partial charge in [0.05, 0.1) is 0 Å². The topological polar surface area (TPSA) is 84.2 Å². The second kappa shape index (κ2) is 2.38. The highest BCUT2D eigenvalue weighted by Crippen LogP contribution is 1.87. The van der Waals surface area contributed by atoms with Gasteiger partial charge >= 0.3 is 0 Å². The Labute approximate surface area is 57.3 Å². The van der Waals surface area contributed by atoms with Gasteiger partial charge in [0.2, 0.25) is 5.91 Å². The van der Waals surface area contributed by atoms with Gasteiger partial charge in [-0.1, -0.05) is 0 Å². The third-order valence-corrected chi connectivity index (χ3v) is 1.12. The van der Waals surface area contributed by atoms with Crippen LogP contribution in [0.4, 0.5) is 0 Å². The molecule has 5 nitrogen and oxygen atoms in total. The number of amides is 2. The van der Waals surface area contributed by atoms with Gasteiger partial charge in [0.15, 0.2) is 6.04 Å². The van der Waals surface area contributed by atoms with Crippen molar-refractivity contribution in [1.82, 2.24) is 10.6 Å². The van der Waals surface area contributed by atoms with Crippen LogP contribution in [0.1, 0.15) is 0 Å². The first kappa shape index (κ1) is 6.60. The molecule has 1 rings (SSSR count). The maximum atomic E-state index is 10.7. The Bertz CT molecular complexity index is 199. The van der Waals surface area contributed by atoms with Gasteiger partial charge in [-0.2, -0.15) is 0 Å². The lowest BCUT2D eigenvalue weighted by Gasteiger charge is -2.15. The summed E-state index contributed by atoms with van der Waals surface area (Å²) in [6.07, 6.45) is 2.86. The highest BCUT2D eigenvalue weighted by Gasteiger charge is 2.23. The summed E-state index contributed by atoms with van der Waals surface area (Å²) < 4.78 is 0. The van der Waals surface area contributed by atoms with E-state index in [0.717, 1.165) is 0 Å². The molecule has 0 spiro atoms. The van der Waals surface area contributed by atoms with Gasteiger partial charge in [0, 0.05) is 12.4 Å². The largest absolute Gasteiger partial charge is 0.371 e. The van der Waals surface area contributed by atoms with Gasteiger partial charge in [0.1, 0.15) is 0 Å². The summed E-state index contributed by atoms with van der Waals surface area (Å²) in [7, 11) is 0. The van der Waals surface area contributed by atoms with E-state index in [1.54, 1.807) is 0 Å². The van der Waals surface area contributed by atoms with Crippen LogP contribution in [0.15, 0.2) is 12.4 Å². The van der Waals surface area contributed by atoms with Crippen LogP contribution >= 0.6 is 0 Å². The van der Waals surface area contributed by atoms with Gasteiger partial charge < -0.3 is 16.4 Å². The minimum atomic E-state index is -0.926. The molecule has 1 aliphatic heterocycles. The normalized spacial score (nSPS) is 23.2. The molecule has 10 heavy (non-hydrogen) atoms. The van der Waals surface area contributed by atoms with E-state index in [1.165, 1.54) is 12.4 Å². The highest BCUT2D eigenvalue weighted by atomic mass is 16.2. The Hall–Kier alpha value is -1.52. The van der Waals surface area contributed by atoms with E-state index in [-0.39, 0.29) is 0 Å². The van der Waals surface area contributed by atoms with Crippen molar-refractivity contribution in [1.29, 1.82) is 0 Å². The molecule has 0 aromatic carbocycles. The summed E-state index contributed by atoms with van der Waals surface area (Å²) >= 11 is 0. The highest BCUT2D eigenvalue weighted by molar-refractivity contribution is 6.04. The first-order valence-corrected chi connectivity index (χ1v) is 2.72. The monoisotopic (exact) mass is 141 g/mol. The predicted molar refractivity (Wildman–Crippen MR) is 33.4 cm³/mol. The summed E-state index contributed by atoms with van der Waals surface area (Å²) in [4.78, 5) is 21.1. The van der Waals surface area contributed by atoms with E-state index >= 15 is 0 Å². The summed E-state index contributed by atoms with van der Waals surface area (Å²) in [5.74, 6) is -1.10. The molecule has 2 amide bonds. The molecule has 0 bridgehead atoms. The zero-order chi connectivity index (χ0) is 7.56. The average Bonchev–Trinajstić information content (AvgIpc) is 1.88. The van der Waals surface area contributed by atoms with Gasteiger partial charge in [-0.15, -0.1) is 0 Å². The predicted octanol–water partition coefficient (Wildman–Crippen LogP) is -1.97. The molecule has 0 saturated heterocycles. The molecule has 1 heterocycles. The Morgan fingerprint density at radius 1 is 1.60 bits per heavy atom. The van der Waals surface area contributed by atoms with E-state index in [1.807, 2.05) is 0 Å². The maximum absolute atomic E-state index is 10.7. The van der Waals surface area contributed by atoms with Crippen LogP contribution in [-0.2, 0) is 9.59 Å². The summed E-state index contributed by atoms with van der Waals surface area (Å²) in [5.41, 5.74) is 4.86. The lowest BCUT2D eigenvalue weighted by Crippen LogP contribution is -2.51. The second-order valence-corrected chi connectivity index (χ2v) is 1.84. The van der Waals surface area contributed by atoms with Crippen LogP contribution in [0.3, 0.4) is 0 Å².